The van der Waals surface area contributed by atoms with Gasteiger partial charge in [-0.2, -0.15) is 4.31 Å². The molecule has 0 bridgehead atoms. The minimum Gasteiger partial charge on any atom is -0.489 e. The second-order valence-electron chi connectivity index (χ2n) is 11.2. The van der Waals surface area contributed by atoms with E-state index in [2.05, 4.69) is 4.90 Å². The van der Waals surface area contributed by atoms with E-state index in [9.17, 15) is 18.0 Å². The van der Waals surface area contributed by atoms with Gasteiger partial charge in [-0.25, -0.2) is 13.2 Å². The quantitative estimate of drug-likeness (QED) is 0.497. The number of piperidine rings is 1. The SMILES string of the molecule is CN(CCN1CCCCC1)C(=O)[C@H]1CC[C@@]2(CC1)OC(=O)c1cc(OC3CCN(S(C)(=O)=O)C3)ccc12. The molecule has 1 unspecified atom stereocenters. The molecule has 1 amide bonds. The lowest BCUT2D eigenvalue weighted by molar-refractivity contribution is -0.137. The first kappa shape index (κ1) is 26.4. The number of benzene rings is 1. The number of rotatable bonds is 7. The number of nitrogens with zero attached hydrogens (tertiary/aromatic N) is 3. The highest BCUT2D eigenvalue weighted by Crippen LogP contribution is 2.49. The Kier molecular flexibility index (Phi) is 7.53. The number of likely N-dealkylation sites (tertiary alicyclic amines) is 1. The highest BCUT2D eigenvalue weighted by molar-refractivity contribution is 7.88. The van der Waals surface area contributed by atoms with E-state index in [1.54, 1.807) is 6.07 Å². The molecule has 0 radical (unpaired) electrons. The Hall–Kier alpha value is -2.17. The Bertz CT molecular complexity index is 1120. The largest absolute Gasteiger partial charge is 0.489 e. The number of likely N-dealkylation sites (N-methyl/N-ethyl adjacent to an activating group) is 1. The average Bonchev–Trinajstić information content (AvgIpc) is 3.46. The van der Waals surface area contributed by atoms with Crippen molar-refractivity contribution < 1.29 is 27.5 Å². The summed E-state index contributed by atoms with van der Waals surface area (Å²) in [6.07, 6.45) is 8.04. The summed E-state index contributed by atoms with van der Waals surface area (Å²) < 4.78 is 37.0. The molecule has 3 aliphatic heterocycles. The van der Waals surface area contributed by atoms with Crippen LogP contribution in [0.3, 0.4) is 0 Å². The van der Waals surface area contributed by atoms with Gasteiger partial charge in [0.1, 0.15) is 17.5 Å². The molecule has 1 spiro atoms. The Labute approximate surface area is 220 Å². The molecule has 9 nitrogen and oxygen atoms in total. The van der Waals surface area contributed by atoms with Gasteiger partial charge in [0.05, 0.1) is 18.4 Å². The van der Waals surface area contributed by atoms with E-state index in [0.29, 0.717) is 56.5 Å². The minimum absolute atomic E-state index is 0.0394. The number of fused-ring (bicyclic) bond motifs is 2. The molecule has 0 N–H and O–H groups in total. The highest BCUT2D eigenvalue weighted by Gasteiger charge is 2.49. The molecule has 3 fully saturated rings. The summed E-state index contributed by atoms with van der Waals surface area (Å²) in [5.41, 5.74) is 0.714. The van der Waals surface area contributed by atoms with Gasteiger partial charge in [0.25, 0.3) is 0 Å². The Balaban J connectivity index is 1.17. The van der Waals surface area contributed by atoms with Gasteiger partial charge in [-0.1, -0.05) is 12.5 Å². The molecule has 2 saturated heterocycles. The van der Waals surface area contributed by atoms with Crippen molar-refractivity contribution in [3.63, 3.8) is 0 Å². The van der Waals surface area contributed by atoms with Crippen molar-refractivity contribution in [2.75, 3.05) is 52.6 Å². The van der Waals surface area contributed by atoms with Crippen LogP contribution in [0.4, 0.5) is 0 Å². The number of amides is 1. The first-order valence-electron chi connectivity index (χ1n) is 13.6. The topological polar surface area (TPSA) is 96.5 Å². The Morgan fingerprint density at radius 3 is 2.54 bits per heavy atom. The van der Waals surface area contributed by atoms with Gasteiger partial charge in [0.15, 0.2) is 0 Å². The number of hydrogen-bond acceptors (Lipinski definition) is 7. The van der Waals surface area contributed by atoms with Crippen LogP contribution in [0, 0.1) is 5.92 Å². The lowest BCUT2D eigenvalue weighted by atomic mass is 9.74. The summed E-state index contributed by atoms with van der Waals surface area (Å²) in [5.74, 6) is 0.350. The predicted molar refractivity (Wildman–Crippen MR) is 139 cm³/mol. The van der Waals surface area contributed by atoms with E-state index in [-0.39, 0.29) is 23.9 Å². The van der Waals surface area contributed by atoms with Crippen molar-refractivity contribution in [1.29, 1.82) is 0 Å². The van der Waals surface area contributed by atoms with Gasteiger partial charge < -0.3 is 19.3 Å². The summed E-state index contributed by atoms with van der Waals surface area (Å²) in [6.45, 7) is 4.70. The number of carbonyl (C=O) groups is 2. The van der Waals surface area contributed by atoms with Crippen LogP contribution >= 0.6 is 0 Å². The number of hydrogen-bond donors (Lipinski definition) is 0. The Morgan fingerprint density at radius 1 is 1.14 bits per heavy atom. The van der Waals surface area contributed by atoms with Crippen molar-refractivity contribution in [3.8, 4) is 5.75 Å². The summed E-state index contributed by atoms with van der Waals surface area (Å²) in [5, 5.41) is 0. The zero-order chi connectivity index (χ0) is 26.2. The maximum absolute atomic E-state index is 13.1. The van der Waals surface area contributed by atoms with E-state index >= 15 is 0 Å². The van der Waals surface area contributed by atoms with Gasteiger partial charge in [-0.3, -0.25) is 4.79 Å². The smallest absolute Gasteiger partial charge is 0.339 e. The van der Waals surface area contributed by atoms with Crippen molar-refractivity contribution in [2.24, 2.45) is 5.92 Å². The monoisotopic (exact) mass is 533 g/mol. The average molecular weight is 534 g/mol. The fourth-order valence-electron chi connectivity index (χ4n) is 6.34. The molecule has 1 aromatic rings. The third kappa shape index (κ3) is 5.66. The summed E-state index contributed by atoms with van der Waals surface area (Å²) in [7, 11) is -1.33. The molecule has 204 valence electrons. The number of sulfonamides is 1. The molecule has 0 aromatic heterocycles. The van der Waals surface area contributed by atoms with Crippen LogP contribution in [0.1, 0.15) is 67.3 Å². The van der Waals surface area contributed by atoms with Gasteiger partial charge >= 0.3 is 5.97 Å². The number of ether oxygens (including phenoxy) is 2. The maximum Gasteiger partial charge on any atom is 0.339 e. The zero-order valence-corrected chi connectivity index (χ0v) is 22.8. The summed E-state index contributed by atoms with van der Waals surface area (Å²) >= 11 is 0. The van der Waals surface area contributed by atoms with Crippen molar-refractivity contribution in [3.05, 3.63) is 29.3 Å². The van der Waals surface area contributed by atoms with E-state index in [1.165, 1.54) is 29.8 Å². The molecule has 1 aliphatic carbocycles. The molecule has 4 aliphatic rings. The second kappa shape index (κ2) is 10.5. The molecular weight excluding hydrogens is 494 g/mol. The molecule has 1 saturated carbocycles. The first-order chi connectivity index (χ1) is 17.6. The van der Waals surface area contributed by atoms with E-state index in [0.717, 1.165) is 31.7 Å². The van der Waals surface area contributed by atoms with Crippen LogP contribution in [0.25, 0.3) is 0 Å². The third-order valence-electron chi connectivity index (χ3n) is 8.59. The standard InChI is InChI=1S/C27H39N3O6S/c1-28(16-17-29-13-4-3-5-14-29)25(31)20-8-11-27(12-9-20)24-7-6-21(18-23(24)26(32)36-27)35-22-10-15-30(19-22)37(2,33)34/h6-7,18,20,22H,3-5,8-17,19H2,1-2H3/t20-,22?,27-. The molecule has 37 heavy (non-hydrogen) atoms. The maximum atomic E-state index is 13.1. The van der Waals surface area contributed by atoms with Gasteiger partial charge in [0, 0.05) is 38.2 Å². The molecule has 1 aromatic carbocycles. The molecule has 10 heteroatoms. The van der Waals surface area contributed by atoms with E-state index in [4.69, 9.17) is 9.47 Å². The fraction of sp³-hybridized carbons (Fsp3) is 0.704. The van der Waals surface area contributed by atoms with Gasteiger partial charge in [-0.05, 0) is 70.2 Å². The normalized spacial score (nSPS) is 28.8. The Morgan fingerprint density at radius 2 is 1.86 bits per heavy atom. The van der Waals surface area contributed by atoms with Crippen LogP contribution in [0.5, 0.6) is 5.75 Å². The predicted octanol–water partition coefficient (Wildman–Crippen LogP) is 2.60. The molecular formula is C27H39N3O6S. The lowest BCUT2D eigenvalue weighted by Gasteiger charge is -2.37. The van der Waals surface area contributed by atoms with Gasteiger partial charge in [-0.15, -0.1) is 0 Å². The summed E-state index contributed by atoms with van der Waals surface area (Å²) in [4.78, 5) is 30.3. The van der Waals surface area contributed by atoms with Crippen molar-refractivity contribution in [1.82, 2.24) is 14.1 Å². The number of carbonyl (C=O) groups excluding carboxylic acids is 2. The zero-order valence-electron chi connectivity index (χ0n) is 22.0. The van der Waals surface area contributed by atoms with E-state index < -0.39 is 15.6 Å². The van der Waals surface area contributed by atoms with Crippen molar-refractivity contribution >= 4 is 21.9 Å². The van der Waals surface area contributed by atoms with E-state index in [1.807, 2.05) is 24.1 Å². The van der Waals surface area contributed by atoms with Gasteiger partial charge in [0.2, 0.25) is 15.9 Å². The lowest BCUT2D eigenvalue weighted by Crippen LogP contribution is -2.43. The van der Waals surface area contributed by atoms with Crippen LogP contribution in [-0.2, 0) is 25.2 Å². The van der Waals surface area contributed by atoms with Crippen LogP contribution in [0.15, 0.2) is 18.2 Å². The first-order valence-corrected chi connectivity index (χ1v) is 15.5. The number of esters is 1. The minimum atomic E-state index is -3.24. The molecule has 1 atom stereocenters. The highest BCUT2D eigenvalue weighted by atomic mass is 32.2. The van der Waals surface area contributed by atoms with Crippen molar-refractivity contribution in [2.45, 2.75) is 63.1 Å². The van der Waals surface area contributed by atoms with Crippen LogP contribution in [-0.4, -0.2) is 93.1 Å². The molecule has 3 heterocycles. The second-order valence-corrected chi connectivity index (χ2v) is 13.2. The third-order valence-corrected chi connectivity index (χ3v) is 9.86. The molecule has 5 rings (SSSR count). The fourth-order valence-corrected chi connectivity index (χ4v) is 7.21. The summed E-state index contributed by atoms with van der Waals surface area (Å²) in [6, 6.07) is 5.48. The van der Waals surface area contributed by atoms with Crippen LogP contribution < -0.4 is 4.74 Å². The van der Waals surface area contributed by atoms with Crippen LogP contribution in [0.2, 0.25) is 0 Å².